The number of aliphatic hydroxyl groups is 1. The van der Waals surface area contributed by atoms with Crippen LogP contribution in [0.3, 0.4) is 0 Å². The number of benzene rings is 1. The minimum Gasteiger partial charge on any atom is -0.497 e. The zero-order chi connectivity index (χ0) is 15.7. The number of methoxy groups -OCH3 is 1. The summed E-state index contributed by atoms with van der Waals surface area (Å²) < 4.78 is 6.91. The van der Waals surface area contributed by atoms with Gasteiger partial charge >= 0.3 is 0 Å². The molecule has 0 spiro atoms. The molecule has 1 saturated heterocycles. The molecular weight excluding hydrogens is 280 g/mol. The second-order valence-corrected chi connectivity index (χ2v) is 5.91. The molecule has 1 aliphatic heterocycles. The maximum absolute atomic E-state index is 12.6. The van der Waals surface area contributed by atoms with Crippen molar-refractivity contribution in [2.24, 2.45) is 7.05 Å². The number of likely N-dealkylation sites (tertiary alicyclic amines) is 1. The van der Waals surface area contributed by atoms with E-state index in [1.54, 1.807) is 18.7 Å². The first-order valence-corrected chi connectivity index (χ1v) is 7.65. The lowest BCUT2D eigenvalue weighted by molar-refractivity contribution is 0.153. The molecule has 1 aliphatic rings. The molecule has 0 saturated carbocycles. The van der Waals surface area contributed by atoms with Crippen molar-refractivity contribution < 1.29 is 9.84 Å². The lowest BCUT2D eigenvalue weighted by Gasteiger charge is -2.22. The zero-order valence-corrected chi connectivity index (χ0v) is 13.1. The Kier molecular flexibility index (Phi) is 4.18. The van der Waals surface area contributed by atoms with Gasteiger partial charge in [-0.05, 0) is 43.0 Å². The number of aliphatic hydroxyl groups excluding tert-OH is 1. The van der Waals surface area contributed by atoms with Gasteiger partial charge < -0.3 is 14.4 Å². The fourth-order valence-corrected chi connectivity index (χ4v) is 3.28. The van der Waals surface area contributed by atoms with E-state index in [1.807, 2.05) is 24.3 Å². The van der Waals surface area contributed by atoms with Crippen molar-refractivity contribution in [1.29, 1.82) is 0 Å². The predicted molar refractivity (Wildman–Crippen MR) is 86.3 cm³/mol. The van der Waals surface area contributed by atoms with E-state index in [1.165, 1.54) is 0 Å². The smallest absolute Gasteiger partial charge is 0.255 e. The maximum Gasteiger partial charge on any atom is 0.255 e. The molecule has 1 fully saturated rings. The fraction of sp³-hybridized carbons (Fsp3) is 0.471. The fourth-order valence-electron chi connectivity index (χ4n) is 3.28. The summed E-state index contributed by atoms with van der Waals surface area (Å²) in [6, 6.07) is 7.90. The van der Waals surface area contributed by atoms with Crippen LogP contribution >= 0.6 is 0 Å². The minimum absolute atomic E-state index is 0.0179. The van der Waals surface area contributed by atoms with Crippen LogP contribution in [0.1, 0.15) is 18.4 Å². The van der Waals surface area contributed by atoms with Crippen molar-refractivity contribution >= 4 is 10.9 Å². The van der Waals surface area contributed by atoms with Gasteiger partial charge in [0.2, 0.25) is 0 Å². The van der Waals surface area contributed by atoms with Gasteiger partial charge in [0.25, 0.3) is 5.56 Å². The van der Waals surface area contributed by atoms with E-state index < -0.39 is 0 Å². The molecule has 0 radical (unpaired) electrons. The first kappa shape index (κ1) is 15.1. The van der Waals surface area contributed by atoms with Gasteiger partial charge in [-0.25, -0.2) is 0 Å². The van der Waals surface area contributed by atoms with Crippen LogP contribution in [0.5, 0.6) is 5.75 Å². The molecule has 118 valence electrons. The summed E-state index contributed by atoms with van der Waals surface area (Å²) in [5, 5.41) is 10.5. The standard InChI is InChI=1S/C17H22N2O3/c1-18-16-9-15(22-2)6-5-12(16)8-13(17(18)21)10-19-7-3-4-14(19)11-20/h5-6,8-9,14,20H,3-4,7,10-11H2,1-2H3/t14-/m0/s1. The SMILES string of the molecule is COc1ccc2cc(CN3CCC[C@H]3CO)c(=O)n(C)c2c1. The lowest BCUT2D eigenvalue weighted by atomic mass is 10.1. The summed E-state index contributed by atoms with van der Waals surface area (Å²) in [5.74, 6) is 0.745. The number of nitrogens with zero attached hydrogens (tertiary/aromatic N) is 2. The Morgan fingerprint density at radius 1 is 1.36 bits per heavy atom. The van der Waals surface area contributed by atoms with E-state index in [9.17, 15) is 9.90 Å². The number of pyridine rings is 1. The highest BCUT2D eigenvalue weighted by atomic mass is 16.5. The highest BCUT2D eigenvalue weighted by Gasteiger charge is 2.24. The molecule has 2 aromatic rings. The van der Waals surface area contributed by atoms with Crippen molar-refractivity contribution in [3.8, 4) is 5.75 Å². The summed E-state index contributed by atoms with van der Waals surface area (Å²) in [5.41, 5.74) is 1.66. The van der Waals surface area contributed by atoms with Crippen LogP contribution in [-0.2, 0) is 13.6 Å². The van der Waals surface area contributed by atoms with Gasteiger partial charge in [-0.15, -0.1) is 0 Å². The number of hydrogen-bond donors (Lipinski definition) is 1. The van der Waals surface area contributed by atoms with Crippen molar-refractivity contribution in [2.75, 3.05) is 20.3 Å². The highest BCUT2D eigenvalue weighted by molar-refractivity contribution is 5.81. The maximum atomic E-state index is 12.6. The lowest BCUT2D eigenvalue weighted by Crippen LogP contribution is -2.34. The van der Waals surface area contributed by atoms with E-state index in [4.69, 9.17) is 4.74 Å². The number of ether oxygens (including phenoxy) is 1. The molecule has 1 aromatic heterocycles. The molecule has 0 aliphatic carbocycles. The third kappa shape index (κ3) is 2.62. The van der Waals surface area contributed by atoms with Crippen molar-refractivity contribution in [2.45, 2.75) is 25.4 Å². The van der Waals surface area contributed by atoms with E-state index in [0.717, 1.165) is 41.6 Å². The van der Waals surface area contributed by atoms with Crippen LogP contribution in [0.2, 0.25) is 0 Å². The predicted octanol–water partition coefficient (Wildman–Crippen LogP) is 1.50. The molecule has 5 heteroatoms. The quantitative estimate of drug-likeness (QED) is 0.930. The van der Waals surface area contributed by atoms with Gasteiger partial charge in [0.15, 0.2) is 0 Å². The first-order chi connectivity index (χ1) is 10.6. The summed E-state index contributed by atoms with van der Waals surface area (Å²) >= 11 is 0. The molecular formula is C17H22N2O3. The summed E-state index contributed by atoms with van der Waals surface area (Å²) in [7, 11) is 3.41. The largest absolute Gasteiger partial charge is 0.497 e. The van der Waals surface area contributed by atoms with Crippen LogP contribution in [0.15, 0.2) is 29.1 Å². The molecule has 2 heterocycles. The van der Waals surface area contributed by atoms with Crippen molar-refractivity contribution in [1.82, 2.24) is 9.47 Å². The third-order valence-corrected chi connectivity index (χ3v) is 4.59. The van der Waals surface area contributed by atoms with E-state index >= 15 is 0 Å². The minimum atomic E-state index is 0.0179. The normalized spacial score (nSPS) is 19.0. The Morgan fingerprint density at radius 3 is 2.91 bits per heavy atom. The summed E-state index contributed by atoms with van der Waals surface area (Å²) in [6.45, 7) is 1.69. The van der Waals surface area contributed by atoms with E-state index in [-0.39, 0.29) is 18.2 Å². The average Bonchev–Trinajstić information content (AvgIpc) is 2.99. The Labute approximate surface area is 129 Å². The van der Waals surface area contributed by atoms with Crippen LogP contribution in [-0.4, -0.2) is 40.9 Å². The molecule has 1 N–H and O–H groups in total. The molecule has 0 unspecified atom stereocenters. The molecule has 0 amide bonds. The second kappa shape index (κ2) is 6.10. The average molecular weight is 302 g/mol. The van der Waals surface area contributed by atoms with Crippen LogP contribution in [0.4, 0.5) is 0 Å². The third-order valence-electron chi connectivity index (χ3n) is 4.59. The molecule has 22 heavy (non-hydrogen) atoms. The van der Waals surface area contributed by atoms with Crippen LogP contribution < -0.4 is 10.3 Å². The number of hydrogen-bond acceptors (Lipinski definition) is 4. The Morgan fingerprint density at radius 2 is 2.18 bits per heavy atom. The van der Waals surface area contributed by atoms with Gasteiger partial charge in [0.05, 0.1) is 19.2 Å². The first-order valence-electron chi connectivity index (χ1n) is 7.65. The van der Waals surface area contributed by atoms with Gasteiger partial charge in [0.1, 0.15) is 5.75 Å². The van der Waals surface area contributed by atoms with Gasteiger partial charge in [-0.2, -0.15) is 0 Å². The number of fused-ring (bicyclic) bond motifs is 1. The topological polar surface area (TPSA) is 54.7 Å². The van der Waals surface area contributed by atoms with E-state index in [0.29, 0.717) is 6.54 Å². The van der Waals surface area contributed by atoms with Crippen molar-refractivity contribution in [3.63, 3.8) is 0 Å². The number of aromatic nitrogens is 1. The summed E-state index contributed by atoms with van der Waals surface area (Å²) in [4.78, 5) is 14.8. The molecule has 1 aromatic carbocycles. The Balaban J connectivity index is 2.00. The van der Waals surface area contributed by atoms with Gasteiger partial charge in [0, 0.05) is 31.3 Å². The van der Waals surface area contributed by atoms with Gasteiger partial charge in [-0.3, -0.25) is 9.69 Å². The van der Waals surface area contributed by atoms with Crippen LogP contribution in [0, 0.1) is 0 Å². The second-order valence-electron chi connectivity index (χ2n) is 5.91. The number of aryl methyl sites for hydroxylation is 1. The Bertz CT molecular complexity index is 738. The number of rotatable bonds is 4. The van der Waals surface area contributed by atoms with E-state index in [2.05, 4.69) is 4.90 Å². The molecule has 3 rings (SSSR count). The van der Waals surface area contributed by atoms with Gasteiger partial charge in [-0.1, -0.05) is 0 Å². The monoisotopic (exact) mass is 302 g/mol. The molecule has 5 nitrogen and oxygen atoms in total. The van der Waals surface area contributed by atoms with Crippen molar-refractivity contribution in [3.05, 3.63) is 40.2 Å². The van der Waals surface area contributed by atoms with Crippen LogP contribution in [0.25, 0.3) is 10.9 Å². The molecule has 1 atom stereocenters. The molecule has 0 bridgehead atoms. The highest BCUT2D eigenvalue weighted by Crippen LogP contribution is 2.22. The zero-order valence-electron chi connectivity index (χ0n) is 13.1. The Hall–Kier alpha value is -1.85. The summed E-state index contributed by atoms with van der Waals surface area (Å²) in [6.07, 6.45) is 2.08.